The molecule has 5 rings (SSSR count). The quantitative estimate of drug-likeness (QED) is 0.145. The van der Waals surface area contributed by atoms with Gasteiger partial charge in [-0.2, -0.15) is 0 Å². The molecule has 0 amide bonds. The molecule has 0 aliphatic heterocycles. The molecule has 0 N–H and O–H groups in total. The van der Waals surface area contributed by atoms with E-state index >= 15 is 0 Å². The van der Waals surface area contributed by atoms with Crippen LogP contribution in [-0.2, 0) is 4.74 Å². The average molecular weight is 441 g/mol. The van der Waals surface area contributed by atoms with Gasteiger partial charge in [0.15, 0.2) is 0 Å². The first-order chi connectivity index (χ1) is 16.5. The normalized spacial score (nSPS) is 11.6. The van der Waals surface area contributed by atoms with Crippen molar-refractivity contribution in [2.45, 2.75) is 20.0 Å². The molecule has 1 nitrogen and oxygen atoms in total. The Hall–Kier alpha value is -4.10. The van der Waals surface area contributed by atoms with Gasteiger partial charge in [-0.15, -0.1) is 0 Å². The van der Waals surface area contributed by atoms with Gasteiger partial charge in [-0.25, -0.2) is 0 Å². The molecule has 0 saturated carbocycles. The van der Waals surface area contributed by atoms with Gasteiger partial charge >= 0.3 is 0 Å². The van der Waals surface area contributed by atoms with Gasteiger partial charge in [-0.3, -0.25) is 0 Å². The first-order valence-corrected chi connectivity index (χ1v) is 11.7. The fraction of sp³-hybridized carbons (Fsp3) is 0.0909. The van der Waals surface area contributed by atoms with E-state index in [2.05, 4.69) is 104 Å². The van der Waals surface area contributed by atoms with E-state index in [9.17, 15) is 0 Å². The summed E-state index contributed by atoms with van der Waals surface area (Å²) in [4.78, 5) is 0. The van der Waals surface area contributed by atoms with Crippen molar-refractivity contribution in [1.82, 2.24) is 0 Å². The highest BCUT2D eigenvalue weighted by Gasteiger charge is 2.17. The lowest BCUT2D eigenvalue weighted by Crippen LogP contribution is -1.99. The van der Waals surface area contributed by atoms with E-state index in [1.165, 1.54) is 43.4 Å². The molecule has 0 atom stereocenters. The summed E-state index contributed by atoms with van der Waals surface area (Å²) in [7, 11) is 0. The number of hydrogen-bond acceptors (Lipinski definition) is 1. The second kappa shape index (κ2) is 9.03. The third kappa shape index (κ3) is 3.91. The molecule has 0 heterocycles. The Morgan fingerprint density at radius 2 is 1.18 bits per heavy atom. The van der Waals surface area contributed by atoms with Crippen molar-refractivity contribution in [2.24, 2.45) is 0 Å². The molecule has 0 saturated heterocycles. The first-order valence-electron chi connectivity index (χ1n) is 11.7. The Labute approximate surface area is 201 Å². The summed E-state index contributed by atoms with van der Waals surface area (Å²) in [5.74, 6) is 0.636. The highest BCUT2D eigenvalue weighted by molar-refractivity contribution is 6.21. The third-order valence-electron chi connectivity index (χ3n) is 6.17. The zero-order chi connectivity index (χ0) is 23.7. The van der Waals surface area contributed by atoms with Crippen molar-refractivity contribution in [3.05, 3.63) is 128 Å². The Kier molecular flexibility index (Phi) is 5.77. The average Bonchev–Trinajstić information content (AvgIpc) is 2.85. The van der Waals surface area contributed by atoms with Gasteiger partial charge in [0.1, 0.15) is 5.76 Å². The largest absolute Gasteiger partial charge is 0.492 e. The Bertz CT molecular complexity index is 1520. The minimum atomic E-state index is 0.0899. The zero-order valence-corrected chi connectivity index (χ0v) is 19.7. The lowest BCUT2D eigenvalue weighted by Gasteiger charge is -2.19. The monoisotopic (exact) mass is 440 g/mol. The topological polar surface area (TPSA) is 9.23 Å². The van der Waals surface area contributed by atoms with Gasteiger partial charge in [0.25, 0.3) is 0 Å². The minimum absolute atomic E-state index is 0.0899. The molecule has 5 aromatic carbocycles. The highest BCUT2D eigenvalue weighted by Crippen LogP contribution is 2.43. The summed E-state index contributed by atoms with van der Waals surface area (Å²) in [5.41, 5.74) is 4.59. The van der Waals surface area contributed by atoms with Crippen LogP contribution in [-0.4, -0.2) is 6.10 Å². The predicted molar refractivity (Wildman–Crippen MR) is 148 cm³/mol. The molecule has 0 fully saturated rings. The molecule has 0 bridgehead atoms. The summed E-state index contributed by atoms with van der Waals surface area (Å²) in [6.07, 6.45) is 4.01. The summed E-state index contributed by atoms with van der Waals surface area (Å²) in [6, 6.07) is 32.4. The summed E-state index contributed by atoms with van der Waals surface area (Å²) in [6.45, 7) is 12.5. The molecule has 0 aromatic heterocycles. The number of hydrogen-bond donors (Lipinski definition) is 0. The van der Waals surface area contributed by atoms with Crippen LogP contribution in [0.1, 0.15) is 19.4 Å². The number of fused-ring (bicyclic) bond motifs is 3. The highest BCUT2D eigenvalue weighted by atomic mass is 16.5. The van der Waals surface area contributed by atoms with Crippen LogP contribution in [0, 0.1) is 0 Å². The van der Waals surface area contributed by atoms with Crippen LogP contribution in [0.2, 0.25) is 0 Å². The van der Waals surface area contributed by atoms with Crippen molar-refractivity contribution in [2.75, 3.05) is 0 Å². The molecule has 0 aliphatic carbocycles. The molecular formula is C33H28O. The fourth-order valence-electron chi connectivity index (χ4n) is 4.83. The maximum atomic E-state index is 5.71. The van der Waals surface area contributed by atoms with E-state index in [1.54, 1.807) is 0 Å². The van der Waals surface area contributed by atoms with Crippen molar-refractivity contribution in [1.29, 1.82) is 0 Å². The minimum Gasteiger partial charge on any atom is -0.492 e. The van der Waals surface area contributed by atoms with Crippen LogP contribution >= 0.6 is 0 Å². The molecule has 1 heteroatoms. The van der Waals surface area contributed by atoms with Gasteiger partial charge in [0.2, 0.25) is 0 Å². The van der Waals surface area contributed by atoms with E-state index in [1.807, 2.05) is 26.0 Å². The number of allylic oxidation sites excluding steroid dienone is 3. The molecule has 34 heavy (non-hydrogen) atoms. The number of benzene rings is 5. The molecule has 166 valence electrons. The molecule has 0 aliphatic rings. The van der Waals surface area contributed by atoms with Crippen LogP contribution in [0.25, 0.3) is 49.0 Å². The Balaban J connectivity index is 1.80. The van der Waals surface area contributed by atoms with Crippen molar-refractivity contribution in [3.8, 4) is 11.1 Å². The molecule has 0 radical (unpaired) electrons. The van der Waals surface area contributed by atoms with Gasteiger partial charge in [-0.05, 0) is 74.5 Å². The maximum Gasteiger partial charge on any atom is 0.112 e. The van der Waals surface area contributed by atoms with Crippen LogP contribution in [0.5, 0.6) is 0 Å². The van der Waals surface area contributed by atoms with Crippen LogP contribution in [0.3, 0.4) is 0 Å². The number of ether oxygens (including phenoxy) is 1. The zero-order valence-electron chi connectivity index (χ0n) is 19.7. The Morgan fingerprint density at radius 1 is 0.647 bits per heavy atom. The fourth-order valence-corrected chi connectivity index (χ4v) is 4.83. The maximum absolute atomic E-state index is 5.71. The van der Waals surface area contributed by atoms with Crippen LogP contribution < -0.4 is 0 Å². The van der Waals surface area contributed by atoms with E-state index in [-0.39, 0.29) is 6.10 Å². The lowest BCUT2D eigenvalue weighted by atomic mass is 9.85. The third-order valence-corrected chi connectivity index (χ3v) is 6.17. The van der Waals surface area contributed by atoms with Crippen molar-refractivity contribution in [3.63, 3.8) is 0 Å². The van der Waals surface area contributed by atoms with Gasteiger partial charge < -0.3 is 4.74 Å². The van der Waals surface area contributed by atoms with Crippen LogP contribution in [0.15, 0.2) is 122 Å². The first kappa shape index (κ1) is 21.7. The second-order valence-corrected chi connectivity index (χ2v) is 8.86. The van der Waals surface area contributed by atoms with Gasteiger partial charge in [0.05, 0.1) is 6.10 Å². The second-order valence-electron chi connectivity index (χ2n) is 8.86. The predicted octanol–water partition coefficient (Wildman–Crippen LogP) is 9.32. The van der Waals surface area contributed by atoms with Crippen LogP contribution in [0.4, 0.5) is 0 Å². The van der Waals surface area contributed by atoms with Gasteiger partial charge in [-0.1, -0.05) is 110 Å². The SMILES string of the molecule is C=C(/C=C\C(=C)c1c2ccccc2c(-c2cccc3ccccc23)c2ccccc12)OC(C)C. The molecule has 0 unspecified atom stereocenters. The van der Waals surface area contributed by atoms with Crippen molar-refractivity contribution >= 4 is 37.9 Å². The summed E-state index contributed by atoms with van der Waals surface area (Å²) < 4.78 is 5.71. The van der Waals surface area contributed by atoms with E-state index in [0.717, 1.165) is 11.1 Å². The van der Waals surface area contributed by atoms with E-state index in [4.69, 9.17) is 4.74 Å². The Morgan fingerprint density at radius 3 is 1.79 bits per heavy atom. The molecular weight excluding hydrogens is 412 g/mol. The van der Waals surface area contributed by atoms with E-state index in [0.29, 0.717) is 5.76 Å². The smallest absolute Gasteiger partial charge is 0.112 e. The number of rotatable bonds is 6. The van der Waals surface area contributed by atoms with Crippen molar-refractivity contribution < 1.29 is 4.74 Å². The summed E-state index contributed by atoms with van der Waals surface area (Å²) >= 11 is 0. The van der Waals surface area contributed by atoms with E-state index < -0.39 is 0 Å². The molecule has 5 aromatic rings. The standard InChI is InChI=1S/C33H28O/c1-22(2)34-24(4)21-20-23(3)32-28-15-7-9-17-30(28)33(31-18-10-8-16-29(31)32)27-19-11-13-25-12-5-6-14-26(25)27/h5-22H,3-4H2,1-2H3/b21-20-. The lowest BCUT2D eigenvalue weighted by molar-refractivity contribution is 0.159. The molecule has 0 spiro atoms. The van der Waals surface area contributed by atoms with Gasteiger partial charge in [0, 0.05) is 0 Å². The summed E-state index contributed by atoms with van der Waals surface area (Å²) in [5, 5.41) is 7.32.